The van der Waals surface area contributed by atoms with E-state index in [0.717, 1.165) is 11.1 Å². The molecule has 0 saturated carbocycles. The summed E-state index contributed by atoms with van der Waals surface area (Å²) in [4.78, 5) is 0. The van der Waals surface area contributed by atoms with E-state index in [1.165, 1.54) is 6.33 Å². The number of hydrogen-bond acceptors (Lipinski definition) is 5. The molecule has 5 N–H and O–H groups in total. The molecule has 8 heteroatoms. The molecule has 3 aromatic rings. The Kier molecular flexibility index (Phi) is 4.97. The molecule has 0 aliphatic heterocycles. The van der Waals surface area contributed by atoms with Crippen molar-refractivity contribution in [2.45, 2.75) is 0 Å². The number of halogens is 2. The molecule has 0 aliphatic rings. The van der Waals surface area contributed by atoms with Gasteiger partial charge in [-0.25, -0.2) is 5.10 Å². The van der Waals surface area contributed by atoms with Gasteiger partial charge in [0.15, 0.2) is 0 Å². The predicted octanol–water partition coefficient (Wildman–Crippen LogP) is 3.02. The van der Waals surface area contributed by atoms with Crippen molar-refractivity contribution in [3.05, 3.63) is 52.8 Å². The molecule has 0 radical (unpaired) electrons. The smallest absolute Gasteiger partial charge is 0.135 e. The first-order valence-corrected chi connectivity index (χ1v) is 6.61. The van der Waals surface area contributed by atoms with E-state index in [4.69, 9.17) is 34.7 Å². The Hall–Kier alpha value is -2.31. The fourth-order valence-electron chi connectivity index (χ4n) is 1.54. The first kappa shape index (κ1) is 15.1. The van der Waals surface area contributed by atoms with Gasteiger partial charge in [-0.3, -0.25) is 0 Å². The van der Waals surface area contributed by atoms with Gasteiger partial charge >= 0.3 is 0 Å². The van der Waals surface area contributed by atoms with E-state index in [1.54, 1.807) is 24.3 Å². The molecule has 0 amide bonds. The highest BCUT2D eigenvalue weighted by Crippen LogP contribution is 2.30. The zero-order valence-corrected chi connectivity index (χ0v) is 12.3. The molecule has 0 fully saturated rings. The highest BCUT2D eigenvalue weighted by molar-refractivity contribution is 6.34. The van der Waals surface area contributed by atoms with Crippen LogP contribution in [0.15, 0.2) is 42.7 Å². The lowest BCUT2D eigenvalue weighted by Crippen LogP contribution is -1.88. The Bertz CT molecular complexity index is 648. The number of hydrogen-bond donors (Lipinski definition) is 3. The van der Waals surface area contributed by atoms with E-state index >= 15 is 0 Å². The number of nitrogens with zero attached hydrogens (tertiary/aromatic N) is 3. The average Bonchev–Trinajstić information content (AvgIpc) is 3.04. The topological polar surface area (TPSA) is 106 Å². The minimum Gasteiger partial charge on any atom is -0.398 e. The SMILES string of the molecule is Nc1ccc(-c2ccc(N)c(Cl)c2)cc1Cl.c1nnn[nH]1. The van der Waals surface area contributed by atoms with Crippen LogP contribution in [0.3, 0.4) is 0 Å². The maximum Gasteiger partial charge on any atom is 0.135 e. The van der Waals surface area contributed by atoms with Gasteiger partial charge in [0.1, 0.15) is 6.33 Å². The molecule has 21 heavy (non-hydrogen) atoms. The summed E-state index contributed by atoms with van der Waals surface area (Å²) < 4.78 is 0. The number of rotatable bonds is 1. The minimum atomic E-state index is 0.533. The van der Waals surface area contributed by atoms with Crippen molar-refractivity contribution in [2.75, 3.05) is 11.5 Å². The maximum absolute atomic E-state index is 5.95. The third-order valence-corrected chi connectivity index (χ3v) is 3.26. The van der Waals surface area contributed by atoms with Crippen LogP contribution in [0.5, 0.6) is 0 Å². The zero-order valence-electron chi connectivity index (χ0n) is 10.8. The number of aromatic nitrogens is 4. The van der Waals surface area contributed by atoms with Crippen molar-refractivity contribution >= 4 is 34.6 Å². The molecule has 0 bridgehead atoms. The summed E-state index contributed by atoms with van der Waals surface area (Å²) in [5.41, 5.74) is 14.3. The molecule has 3 rings (SSSR count). The van der Waals surface area contributed by atoms with Crippen molar-refractivity contribution in [1.82, 2.24) is 20.6 Å². The summed E-state index contributed by atoms with van der Waals surface area (Å²) in [7, 11) is 0. The van der Waals surface area contributed by atoms with E-state index in [2.05, 4.69) is 20.6 Å². The van der Waals surface area contributed by atoms with Crippen LogP contribution >= 0.6 is 23.2 Å². The quantitative estimate of drug-likeness (QED) is 0.597. The normalized spacial score (nSPS) is 9.81. The summed E-state index contributed by atoms with van der Waals surface area (Å²) in [5, 5.41) is 13.2. The van der Waals surface area contributed by atoms with Crippen LogP contribution < -0.4 is 11.5 Å². The van der Waals surface area contributed by atoms with Gasteiger partial charge in [-0.1, -0.05) is 35.3 Å². The van der Waals surface area contributed by atoms with Crippen LogP contribution in [0.2, 0.25) is 10.0 Å². The summed E-state index contributed by atoms with van der Waals surface area (Å²) in [6.07, 6.45) is 1.40. The number of nitrogens with two attached hydrogens (primary N) is 2. The first-order valence-electron chi connectivity index (χ1n) is 5.85. The van der Waals surface area contributed by atoms with Crippen molar-refractivity contribution < 1.29 is 0 Å². The Labute approximate surface area is 131 Å². The number of nitrogen functional groups attached to an aromatic ring is 2. The van der Waals surface area contributed by atoms with Gasteiger partial charge in [0, 0.05) is 0 Å². The molecule has 108 valence electrons. The Morgan fingerprint density at radius 1 is 0.857 bits per heavy atom. The van der Waals surface area contributed by atoms with Crippen molar-refractivity contribution in [1.29, 1.82) is 0 Å². The molecule has 0 aliphatic carbocycles. The molecule has 1 aromatic heterocycles. The fourth-order valence-corrected chi connectivity index (χ4v) is 1.90. The molecule has 0 saturated heterocycles. The van der Waals surface area contributed by atoms with Gasteiger partial charge in [0.25, 0.3) is 0 Å². The second-order valence-corrected chi connectivity index (χ2v) is 4.85. The van der Waals surface area contributed by atoms with Crippen molar-refractivity contribution in [3.63, 3.8) is 0 Å². The molecule has 0 spiro atoms. The Balaban J connectivity index is 0.000000272. The Morgan fingerprint density at radius 2 is 1.38 bits per heavy atom. The zero-order chi connectivity index (χ0) is 15.2. The lowest BCUT2D eigenvalue weighted by atomic mass is 10.1. The highest BCUT2D eigenvalue weighted by atomic mass is 35.5. The van der Waals surface area contributed by atoms with E-state index in [0.29, 0.717) is 21.4 Å². The van der Waals surface area contributed by atoms with E-state index in [9.17, 15) is 0 Å². The van der Waals surface area contributed by atoms with Gasteiger partial charge in [0.05, 0.1) is 21.4 Å². The van der Waals surface area contributed by atoms with Gasteiger partial charge in [-0.2, -0.15) is 0 Å². The molecular weight excluding hydrogens is 311 g/mol. The minimum absolute atomic E-state index is 0.533. The van der Waals surface area contributed by atoms with Crippen LogP contribution in [0, 0.1) is 0 Å². The van der Waals surface area contributed by atoms with Crippen LogP contribution in [0.25, 0.3) is 11.1 Å². The number of aromatic amines is 1. The lowest BCUT2D eigenvalue weighted by molar-refractivity contribution is 0.881. The Morgan fingerprint density at radius 3 is 1.67 bits per heavy atom. The summed E-state index contributed by atoms with van der Waals surface area (Å²) in [5.74, 6) is 0. The van der Waals surface area contributed by atoms with Crippen LogP contribution in [0.4, 0.5) is 11.4 Å². The fraction of sp³-hybridized carbons (Fsp3) is 0. The molecule has 0 atom stereocenters. The first-order chi connectivity index (χ1) is 10.1. The summed E-state index contributed by atoms with van der Waals surface area (Å²) in [6, 6.07) is 10.9. The largest absolute Gasteiger partial charge is 0.398 e. The average molecular weight is 323 g/mol. The van der Waals surface area contributed by atoms with Gasteiger partial charge in [-0.15, -0.1) is 5.10 Å². The van der Waals surface area contributed by atoms with Crippen LogP contribution in [0.1, 0.15) is 0 Å². The van der Waals surface area contributed by atoms with Crippen molar-refractivity contribution in [2.24, 2.45) is 0 Å². The van der Waals surface area contributed by atoms with Gasteiger partial charge < -0.3 is 11.5 Å². The van der Waals surface area contributed by atoms with E-state index < -0.39 is 0 Å². The number of tetrazole rings is 1. The number of H-pyrrole nitrogens is 1. The second-order valence-electron chi connectivity index (χ2n) is 4.04. The molecule has 0 unspecified atom stereocenters. The maximum atomic E-state index is 5.95. The van der Waals surface area contributed by atoms with E-state index in [-0.39, 0.29) is 0 Å². The van der Waals surface area contributed by atoms with Crippen LogP contribution in [-0.4, -0.2) is 20.6 Å². The molecule has 2 aromatic carbocycles. The standard InChI is InChI=1S/C12H10Cl2N2.CH2N4/c13-9-5-7(1-3-11(9)15)8-2-4-12(16)10(14)6-8;1-2-4-5-3-1/h1-6H,15-16H2;1H,(H,2,3,4,5). The summed E-state index contributed by atoms with van der Waals surface area (Å²) >= 11 is 11.9. The molecule has 1 heterocycles. The van der Waals surface area contributed by atoms with Gasteiger partial charge in [0.2, 0.25) is 0 Å². The second kappa shape index (κ2) is 6.92. The van der Waals surface area contributed by atoms with Crippen LogP contribution in [-0.2, 0) is 0 Å². The summed E-state index contributed by atoms with van der Waals surface area (Å²) in [6.45, 7) is 0. The lowest BCUT2D eigenvalue weighted by Gasteiger charge is -2.06. The monoisotopic (exact) mass is 322 g/mol. The third-order valence-electron chi connectivity index (χ3n) is 2.60. The number of benzene rings is 2. The third kappa shape index (κ3) is 4.08. The number of anilines is 2. The molecule has 6 nitrogen and oxygen atoms in total. The van der Waals surface area contributed by atoms with Gasteiger partial charge in [-0.05, 0) is 45.8 Å². The molecular formula is C13H12Cl2N6. The predicted molar refractivity (Wildman–Crippen MR) is 84.9 cm³/mol. The van der Waals surface area contributed by atoms with E-state index in [1.807, 2.05) is 12.1 Å². The number of nitrogens with one attached hydrogen (secondary N) is 1. The highest BCUT2D eigenvalue weighted by Gasteiger charge is 2.03. The van der Waals surface area contributed by atoms with Crippen molar-refractivity contribution in [3.8, 4) is 11.1 Å².